The lowest BCUT2D eigenvalue weighted by atomic mass is 9.93. The van der Waals surface area contributed by atoms with Gasteiger partial charge >= 0.3 is 0 Å². The average molecular weight is 234 g/mol. The fourth-order valence-electron chi connectivity index (χ4n) is 2.59. The van der Waals surface area contributed by atoms with Crippen molar-refractivity contribution in [3.63, 3.8) is 0 Å². The van der Waals surface area contributed by atoms with Crippen molar-refractivity contribution in [2.75, 3.05) is 6.61 Å². The van der Waals surface area contributed by atoms with Gasteiger partial charge in [-0.15, -0.1) is 0 Å². The molecule has 0 bridgehead atoms. The van der Waals surface area contributed by atoms with Gasteiger partial charge in [-0.3, -0.25) is 11.3 Å². The highest BCUT2D eigenvalue weighted by atomic mass is 16.5. The number of nitrogens with one attached hydrogen (secondary N) is 1. The molecule has 3 nitrogen and oxygen atoms in total. The Morgan fingerprint density at radius 1 is 1.53 bits per heavy atom. The van der Waals surface area contributed by atoms with E-state index in [1.165, 1.54) is 11.1 Å². The van der Waals surface area contributed by atoms with Crippen LogP contribution in [0, 0.1) is 12.8 Å². The maximum atomic E-state index is 5.78. The normalized spacial score (nSPS) is 26.1. The lowest BCUT2D eigenvalue weighted by Gasteiger charge is -2.25. The van der Waals surface area contributed by atoms with Gasteiger partial charge in [-0.1, -0.05) is 36.8 Å². The zero-order valence-electron chi connectivity index (χ0n) is 10.6. The van der Waals surface area contributed by atoms with E-state index < -0.39 is 0 Å². The second-order valence-electron chi connectivity index (χ2n) is 5.07. The number of hydrogen-bond donors (Lipinski definition) is 2. The van der Waals surface area contributed by atoms with Gasteiger partial charge in [-0.2, -0.15) is 0 Å². The van der Waals surface area contributed by atoms with Crippen molar-refractivity contribution in [1.29, 1.82) is 0 Å². The third-order valence-corrected chi connectivity index (χ3v) is 3.59. The monoisotopic (exact) mass is 234 g/mol. The van der Waals surface area contributed by atoms with E-state index >= 15 is 0 Å². The first-order chi connectivity index (χ1) is 8.20. The molecule has 0 aromatic heterocycles. The Bertz CT molecular complexity index is 367. The van der Waals surface area contributed by atoms with Crippen molar-refractivity contribution in [2.45, 2.75) is 38.8 Å². The van der Waals surface area contributed by atoms with Crippen LogP contribution in [0.15, 0.2) is 24.3 Å². The molecule has 1 aromatic rings. The number of nitrogens with two attached hydrogens (primary N) is 1. The summed E-state index contributed by atoms with van der Waals surface area (Å²) in [6.45, 7) is 5.21. The Labute approximate surface area is 103 Å². The summed E-state index contributed by atoms with van der Waals surface area (Å²) in [6, 6.07) is 8.77. The first-order valence-corrected chi connectivity index (χ1v) is 6.34. The fraction of sp³-hybridized carbons (Fsp3) is 0.571. The van der Waals surface area contributed by atoms with E-state index in [1.54, 1.807) is 0 Å². The van der Waals surface area contributed by atoms with Crippen LogP contribution in [0.4, 0.5) is 0 Å². The Morgan fingerprint density at radius 3 is 2.94 bits per heavy atom. The minimum Gasteiger partial charge on any atom is -0.376 e. The van der Waals surface area contributed by atoms with Crippen LogP contribution in [-0.4, -0.2) is 18.8 Å². The molecule has 1 aromatic carbocycles. The van der Waals surface area contributed by atoms with Gasteiger partial charge in [0, 0.05) is 6.61 Å². The highest BCUT2D eigenvalue weighted by Crippen LogP contribution is 2.24. The van der Waals surface area contributed by atoms with E-state index in [0.717, 1.165) is 19.4 Å². The van der Waals surface area contributed by atoms with Crippen molar-refractivity contribution >= 4 is 0 Å². The largest absolute Gasteiger partial charge is 0.376 e. The summed E-state index contributed by atoms with van der Waals surface area (Å²) in [7, 11) is 0. The summed E-state index contributed by atoms with van der Waals surface area (Å²) in [5, 5.41) is 0. The van der Waals surface area contributed by atoms with Crippen molar-refractivity contribution in [3.05, 3.63) is 35.4 Å². The molecular formula is C14H22N2O. The molecule has 3 N–H and O–H groups in total. The lowest BCUT2D eigenvalue weighted by molar-refractivity contribution is 0.0610. The molecule has 1 saturated heterocycles. The standard InChI is InChI=1S/C14H22N2O/c1-10-4-3-5-12(8-10)9-13(16-15)14-11(2)6-7-17-14/h3-5,8,11,13-14,16H,6-7,9,15H2,1-2H3. The summed E-state index contributed by atoms with van der Waals surface area (Å²) in [5.41, 5.74) is 5.52. The van der Waals surface area contributed by atoms with E-state index in [9.17, 15) is 0 Å². The first-order valence-electron chi connectivity index (χ1n) is 6.34. The highest BCUT2D eigenvalue weighted by Gasteiger charge is 2.31. The molecule has 0 amide bonds. The van der Waals surface area contributed by atoms with Crippen LogP contribution < -0.4 is 11.3 Å². The second kappa shape index (κ2) is 5.63. The molecule has 2 rings (SSSR count). The van der Waals surface area contributed by atoms with Crippen LogP contribution in [-0.2, 0) is 11.2 Å². The lowest BCUT2D eigenvalue weighted by Crippen LogP contribution is -2.47. The quantitative estimate of drug-likeness (QED) is 0.617. The van der Waals surface area contributed by atoms with Crippen LogP contribution >= 0.6 is 0 Å². The maximum Gasteiger partial charge on any atom is 0.0771 e. The molecule has 1 heterocycles. The Morgan fingerprint density at radius 2 is 2.35 bits per heavy atom. The zero-order valence-corrected chi connectivity index (χ0v) is 10.6. The SMILES string of the molecule is Cc1cccc(CC(NN)C2OCCC2C)c1. The predicted octanol–water partition coefficient (Wildman–Crippen LogP) is 1.79. The van der Waals surface area contributed by atoms with E-state index in [0.29, 0.717) is 5.92 Å². The third kappa shape index (κ3) is 3.06. The maximum absolute atomic E-state index is 5.78. The average Bonchev–Trinajstić information content (AvgIpc) is 2.72. The second-order valence-corrected chi connectivity index (χ2v) is 5.07. The minimum atomic E-state index is 0.203. The topological polar surface area (TPSA) is 47.3 Å². The predicted molar refractivity (Wildman–Crippen MR) is 69.5 cm³/mol. The number of benzene rings is 1. The van der Waals surface area contributed by atoms with Crippen LogP contribution in [0.3, 0.4) is 0 Å². The van der Waals surface area contributed by atoms with E-state index in [4.69, 9.17) is 10.6 Å². The molecule has 17 heavy (non-hydrogen) atoms. The summed E-state index contributed by atoms with van der Waals surface area (Å²) >= 11 is 0. The number of rotatable bonds is 4. The van der Waals surface area contributed by atoms with Gasteiger partial charge in [0.1, 0.15) is 0 Å². The molecule has 0 aliphatic carbocycles. The van der Waals surface area contributed by atoms with Gasteiger partial charge in [-0.05, 0) is 31.2 Å². The smallest absolute Gasteiger partial charge is 0.0771 e. The van der Waals surface area contributed by atoms with E-state index in [-0.39, 0.29) is 12.1 Å². The number of aryl methyl sites for hydroxylation is 1. The van der Waals surface area contributed by atoms with Gasteiger partial charge in [0.25, 0.3) is 0 Å². The Kier molecular flexibility index (Phi) is 4.15. The zero-order chi connectivity index (χ0) is 12.3. The van der Waals surface area contributed by atoms with Crippen LogP contribution in [0.1, 0.15) is 24.5 Å². The van der Waals surface area contributed by atoms with Crippen LogP contribution in [0.5, 0.6) is 0 Å². The van der Waals surface area contributed by atoms with Gasteiger partial charge in [-0.25, -0.2) is 0 Å². The van der Waals surface area contributed by atoms with Crippen LogP contribution in [0.2, 0.25) is 0 Å². The molecule has 0 radical (unpaired) electrons. The Balaban J connectivity index is 2.04. The summed E-state index contributed by atoms with van der Waals surface area (Å²) in [5.74, 6) is 6.25. The summed E-state index contributed by atoms with van der Waals surface area (Å²) in [6.07, 6.45) is 2.30. The van der Waals surface area contributed by atoms with E-state index in [1.807, 2.05) is 0 Å². The van der Waals surface area contributed by atoms with Crippen molar-refractivity contribution in [1.82, 2.24) is 5.43 Å². The number of hydrazine groups is 1. The van der Waals surface area contributed by atoms with Gasteiger partial charge in [0.15, 0.2) is 0 Å². The number of hydrogen-bond acceptors (Lipinski definition) is 3. The van der Waals surface area contributed by atoms with Crippen molar-refractivity contribution < 1.29 is 4.74 Å². The molecule has 1 aliphatic rings. The Hall–Kier alpha value is -0.900. The highest BCUT2D eigenvalue weighted by molar-refractivity contribution is 5.23. The molecule has 1 aliphatic heterocycles. The first kappa shape index (κ1) is 12.6. The van der Waals surface area contributed by atoms with Crippen LogP contribution in [0.25, 0.3) is 0 Å². The molecule has 3 atom stereocenters. The fourth-order valence-corrected chi connectivity index (χ4v) is 2.59. The molecule has 94 valence electrons. The molecular weight excluding hydrogens is 212 g/mol. The summed E-state index contributed by atoms with van der Waals surface area (Å²) < 4.78 is 5.78. The number of ether oxygens (including phenoxy) is 1. The molecule has 3 heteroatoms. The van der Waals surface area contributed by atoms with Gasteiger partial charge in [0.05, 0.1) is 12.1 Å². The van der Waals surface area contributed by atoms with Gasteiger partial charge in [0.2, 0.25) is 0 Å². The summed E-state index contributed by atoms with van der Waals surface area (Å²) in [4.78, 5) is 0. The molecule has 3 unspecified atom stereocenters. The van der Waals surface area contributed by atoms with Crippen molar-refractivity contribution in [2.24, 2.45) is 11.8 Å². The van der Waals surface area contributed by atoms with Crippen molar-refractivity contribution in [3.8, 4) is 0 Å². The molecule has 1 fully saturated rings. The molecule has 0 spiro atoms. The van der Waals surface area contributed by atoms with E-state index in [2.05, 4.69) is 43.5 Å². The van der Waals surface area contributed by atoms with Gasteiger partial charge < -0.3 is 4.74 Å². The third-order valence-electron chi connectivity index (χ3n) is 3.59. The molecule has 0 saturated carbocycles. The minimum absolute atomic E-state index is 0.203.